The molecule has 2 N–H and O–H groups in total. The molecule has 1 heterocycles. The molecule has 136 valence electrons. The summed E-state index contributed by atoms with van der Waals surface area (Å²) in [6.45, 7) is 1.49. The van der Waals surface area contributed by atoms with Crippen LogP contribution in [0.4, 0.5) is 5.69 Å². The van der Waals surface area contributed by atoms with Crippen LogP contribution in [-0.4, -0.2) is 43.2 Å². The Morgan fingerprint density at radius 1 is 1.12 bits per heavy atom. The Hall–Kier alpha value is -1.53. The van der Waals surface area contributed by atoms with Crippen molar-refractivity contribution in [1.82, 2.24) is 10.6 Å². The monoisotopic (exact) mass is 361 g/mol. The van der Waals surface area contributed by atoms with E-state index in [0.717, 1.165) is 17.1 Å². The van der Waals surface area contributed by atoms with Gasteiger partial charge in [-0.25, -0.2) is 0 Å². The van der Waals surface area contributed by atoms with Gasteiger partial charge >= 0.3 is 0 Å². The molecule has 1 aromatic carbocycles. The topological polar surface area (TPSA) is 61.4 Å². The molecule has 6 heteroatoms. The van der Waals surface area contributed by atoms with Crippen LogP contribution in [0, 0.1) is 0 Å². The summed E-state index contributed by atoms with van der Waals surface area (Å²) in [6.07, 6.45) is 7.78. The normalized spacial score (nSPS) is 18.6. The summed E-state index contributed by atoms with van der Waals surface area (Å²) in [5.74, 6) is 0.293. The van der Waals surface area contributed by atoms with Crippen molar-refractivity contribution in [3.05, 3.63) is 24.3 Å². The van der Waals surface area contributed by atoms with Gasteiger partial charge in [0.1, 0.15) is 6.54 Å². The number of amides is 2. The van der Waals surface area contributed by atoms with E-state index in [9.17, 15) is 9.59 Å². The van der Waals surface area contributed by atoms with E-state index in [1.165, 1.54) is 50.3 Å². The first-order chi connectivity index (χ1) is 12.2. The molecule has 0 saturated heterocycles. The molecule has 2 aliphatic rings. The lowest BCUT2D eigenvalue weighted by atomic mass is 10.1. The molecule has 0 bridgehead atoms. The van der Waals surface area contributed by atoms with Crippen molar-refractivity contribution in [3.8, 4) is 0 Å². The van der Waals surface area contributed by atoms with Gasteiger partial charge in [0.2, 0.25) is 11.8 Å². The van der Waals surface area contributed by atoms with Gasteiger partial charge in [0.15, 0.2) is 0 Å². The zero-order chi connectivity index (χ0) is 17.5. The standard InChI is InChI=1S/C19H27N3O2S/c23-18(21-12-11-20-15-7-3-1-2-4-8-15)13-22-16-9-5-6-10-17(16)25-14-19(22)24/h5-6,9-10,15,20H,1-4,7-8,11-14H2,(H,21,23). The molecule has 1 aliphatic heterocycles. The molecule has 1 saturated carbocycles. The molecule has 3 rings (SSSR count). The summed E-state index contributed by atoms with van der Waals surface area (Å²) in [5, 5.41) is 6.48. The number of hydrogen-bond donors (Lipinski definition) is 2. The first-order valence-corrected chi connectivity index (χ1v) is 10.2. The Morgan fingerprint density at radius 2 is 1.88 bits per heavy atom. The fourth-order valence-corrected chi connectivity index (χ4v) is 4.42. The van der Waals surface area contributed by atoms with E-state index in [1.807, 2.05) is 24.3 Å². The summed E-state index contributed by atoms with van der Waals surface area (Å²) < 4.78 is 0. The fourth-order valence-electron chi connectivity index (χ4n) is 3.49. The Labute approximate surface area is 153 Å². The number of nitrogens with one attached hydrogen (secondary N) is 2. The van der Waals surface area contributed by atoms with E-state index in [0.29, 0.717) is 18.3 Å². The van der Waals surface area contributed by atoms with E-state index in [-0.39, 0.29) is 18.4 Å². The van der Waals surface area contributed by atoms with E-state index in [1.54, 1.807) is 4.90 Å². The van der Waals surface area contributed by atoms with E-state index in [2.05, 4.69) is 10.6 Å². The Kier molecular flexibility index (Phi) is 6.76. The van der Waals surface area contributed by atoms with E-state index in [4.69, 9.17) is 0 Å². The number of carbonyl (C=O) groups is 2. The molecule has 0 radical (unpaired) electrons. The number of fused-ring (bicyclic) bond motifs is 1. The minimum atomic E-state index is -0.0993. The summed E-state index contributed by atoms with van der Waals surface area (Å²) in [4.78, 5) is 27.1. The molecule has 0 atom stereocenters. The van der Waals surface area contributed by atoms with Crippen molar-refractivity contribution in [2.75, 3.05) is 30.3 Å². The van der Waals surface area contributed by atoms with Gasteiger partial charge in [0, 0.05) is 24.0 Å². The van der Waals surface area contributed by atoms with Crippen LogP contribution in [0.15, 0.2) is 29.2 Å². The molecule has 1 aromatic rings. The van der Waals surface area contributed by atoms with Crippen molar-refractivity contribution in [1.29, 1.82) is 0 Å². The molecular weight excluding hydrogens is 334 g/mol. The van der Waals surface area contributed by atoms with Crippen LogP contribution < -0.4 is 15.5 Å². The molecule has 0 spiro atoms. The highest BCUT2D eigenvalue weighted by molar-refractivity contribution is 8.00. The van der Waals surface area contributed by atoms with E-state index >= 15 is 0 Å². The van der Waals surface area contributed by atoms with Gasteiger partial charge in [-0.3, -0.25) is 9.59 Å². The molecule has 1 fully saturated rings. The maximum absolute atomic E-state index is 12.2. The first kappa shape index (κ1) is 18.3. The van der Waals surface area contributed by atoms with Gasteiger partial charge in [0.05, 0.1) is 11.4 Å². The Bertz CT molecular complexity index is 600. The van der Waals surface area contributed by atoms with Gasteiger partial charge in [-0.15, -0.1) is 11.8 Å². The molecule has 2 amide bonds. The van der Waals surface area contributed by atoms with Crippen LogP contribution in [0.25, 0.3) is 0 Å². The molecule has 5 nitrogen and oxygen atoms in total. The van der Waals surface area contributed by atoms with Crippen molar-refractivity contribution in [2.45, 2.75) is 49.5 Å². The van der Waals surface area contributed by atoms with Gasteiger partial charge < -0.3 is 15.5 Å². The minimum Gasteiger partial charge on any atom is -0.353 e. The molecule has 0 aromatic heterocycles. The van der Waals surface area contributed by atoms with Crippen LogP contribution in [0.5, 0.6) is 0 Å². The average molecular weight is 362 g/mol. The summed E-state index contributed by atoms with van der Waals surface area (Å²) in [7, 11) is 0. The quantitative estimate of drug-likeness (QED) is 0.604. The van der Waals surface area contributed by atoms with Crippen molar-refractivity contribution in [2.24, 2.45) is 0 Å². The van der Waals surface area contributed by atoms with Crippen LogP contribution in [0.2, 0.25) is 0 Å². The molecule has 1 aliphatic carbocycles. The van der Waals surface area contributed by atoms with Crippen LogP contribution in [0.3, 0.4) is 0 Å². The summed E-state index contributed by atoms with van der Waals surface area (Å²) in [6, 6.07) is 8.35. The number of rotatable bonds is 6. The third-order valence-electron chi connectivity index (χ3n) is 4.85. The van der Waals surface area contributed by atoms with Crippen molar-refractivity contribution in [3.63, 3.8) is 0 Å². The highest BCUT2D eigenvalue weighted by atomic mass is 32.2. The third kappa shape index (κ3) is 5.22. The van der Waals surface area contributed by atoms with Gasteiger partial charge in [-0.2, -0.15) is 0 Å². The van der Waals surface area contributed by atoms with E-state index < -0.39 is 0 Å². The van der Waals surface area contributed by atoms with Gasteiger partial charge in [-0.05, 0) is 25.0 Å². The van der Waals surface area contributed by atoms with Crippen LogP contribution in [-0.2, 0) is 9.59 Å². The zero-order valence-corrected chi connectivity index (χ0v) is 15.4. The Balaban J connectivity index is 1.42. The number of benzene rings is 1. The average Bonchev–Trinajstić information content (AvgIpc) is 2.90. The second kappa shape index (κ2) is 9.25. The maximum atomic E-state index is 12.2. The fraction of sp³-hybridized carbons (Fsp3) is 0.579. The zero-order valence-electron chi connectivity index (χ0n) is 14.6. The van der Waals surface area contributed by atoms with Crippen molar-refractivity contribution >= 4 is 29.3 Å². The number of para-hydroxylation sites is 1. The highest BCUT2D eigenvalue weighted by Gasteiger charge is 2.26. The lowest BCUT2D eigenvalue weighted by Crippen LogP contribution is -2.45. The lowest BCUT2D eigenvalue weighted by Gasteiger charge is -2.28. The maximum Gasteiger partial charge on any atom is 0.240 e. The van der Waals surface area contributed by atoms with Crippen LogP contribution >= 0.6 is 11.8 Å². The molecular formula is C19H27N3O2S. The smallest absolute Gasteiger partial charge is 0.240 e. The predicted octanol–water partition coefficient (Wildman–Crippen LogP) is 2.55. The molecule has 25 heavy (non-hydrogen) atoms. The number of nitrogens with zero attached hydrogens (tertiary/aromatic N) is 1. The SMILES string of the molecule is O=C(CN1C(=O)CSc2ccccc21)NCCNC1CCCCCC1. The van der Waals surface area contributed by atoms with Gasteiger partial charge in [-0.1, -0.05) is 37.8 Å². The van der Waals surface area contributed by atoms with Gasteiger partial charge in [0.25, 0.3) is 0 Å². The summed E-state index contributed by atoms with van der Waals surface area (Å²) in [5.41, 5.74) is 0.843. The first-order valence-electron chi connectivity index (χ1n) is 9.26. The number of thioether (sulfide) groups is 1. The number of carbonyl (C=O) groups excluding carboxylic acids is 2. The lowest BCUT2D eigenvalue weighted by molar-refractivity contribution is -0.122. The predicted molar refractivity (Wildman–Crippen MR) is 102 cm³/mol. The number of anilines is 1. The minimum absolute atomic E-state index is 0.00423. The third-order valence-corrected chi connectivity index (χ3v) is 5.89. The molecule has 0 unspecified atom stereocenters. The number of hydrogen-bond acceptors (Lipinski definition) is 4. The Morgan fingerprint density at radius 3 is 2.68 bits per heavy atom. The summed E-state index contributed by atoms with van der Waals surface area (Å²) >= 11 is 1.53. The second-order valence-electron chi connectivity index (χ2n) is 6.73. The van der Waals surface area contributed by atoms with Crippen molar-refractivity contribution < 1.29 is 9.59 Å². The second-order valence-corrected chi connectivity index (χ2v) is 7.75. The highest BCUT2D eigenvalue weighted by Crippen LogP contribution is 2.34. The largest absolute Gasteiger partial charge is 0.353 e. The van der Waals surface area contributed by atoms with Crippen LogP contribution in [0.1, 0.15) is 38.5 Å².